The van der Waals surface area contributed by atoms with Crippen LogP contribution in [-0.4, -0.2) is 17.7 Å². The second-order valence-electron chi connectivity index (χ2n) is 6.38. The van der Waals surface area contributed by atoms with E-state index in [1.807, 2.05) is 24.3 Å². The van der Waals surface area contributed by atoms with E-state index in [9.17, 15) is 5.11 Å². The van der Waals surface area contributed by atoms with Crippen LogP contribution in [0, 0.1) is 5.41 Å². The summed E-state index contributed by atoms with van der Waals surface area (Å²) in [5.74, 6) is 0. The van der Waals surface area contributed by atoms with Crippen molar-refractivity contribution in [2.24, 2.45) is 5.41 Å². The summed E-state index contributed by atoms with van der Waals surface area (Å²) in [6.07, 6.45) is 4.38. The predicted molar refractivity (Wildman–Crippen MR) is 80.5 cm³/mol. The van der Waals surface area contributed by atoms with Crippen LogP contribution in [-0.2, 0) is 0 Å². The molecule has 0 amide bonds. The Bertz CT molecular complexity index is 409. The first-order valence-electron chi connectivity index (χ1n) is 7.14. The molecule has 2 rings (SSSR count). The average molecular weight is 282 g/mol. The van der Waals surface area contributed by atoms with E-state index in [1.165, 1.54) is 25.7 Å². The van der Waals surface area contributed by atoms with Gasteiger partial charge in [-0.25, -0.2) is 0 Å². The molecule has 1 fully saturated rings. The van der Waals surface area contributed by atoms with Crippen molar-refractivity contribution >= 4 is 11.6 Å². The Morgan fingerprint density at radius 3 is 2.58 bits per heavy atom. The summed E-state index contributed by atoms with van der Waals surface area (Å²) < 4.78 is 0. The lowest BCUT2D eigenvalue weighted by Crippen LogP contribution is -2.37. The molecule has 0 aliphatic heterocycles. The topological polar surface area (TPSA) is 32.3 Å². The van der Waals surface area contributed by atoms with E-state index in [4.69, 9.17) is 11.6 Å². The second-order valence-corrected chi connectivity index (χ2v) is 6.79. The van der Waals surface area contributed by atoms with Gasteiger partial charge in [0.1, 0.15) is 0 Å². The molecule has 1 unspecified atom stereocenters. The molecule has 1 aromatic rings. The Hall–Kier alpha value is -0.570. The smallest absolute Gasteiger partial charge is 0.0928 e. The number of aliphatic hydroxyl groups is 1. The second kappa shape index (κ2) is 6.25. The fourth-order valence-corrected chi connectivity index (χ4v) is 3.00. The van der Waals surface area contributed by atoms with E-state index in [0.717, 1.165) is 5.56 Å². The van der Waals surface area contributed by atoms with E-state index < -0.39 is 6.10 Å². The maximum atomic E-state index is 10.2. The maximum absolute atomic E-state index is 10.2. The van der Waals surface area contributed by atoms with Crippen LogP contribution in [0.5, 0.6) is 0 Å². The molecule has 2 nitrogen and oxygen atoms in total. The zero-order chi connectivity index (χ0) is 13.9. The first-order chi connectivity index (χ1) is 8.98. The van der Waals surface area contributed by atoms with E-state index in [0.29, 0.717) is 23.0 Å². The van der Waals surface area contributed by atoms with Crippen molar-refractivity contribution < 1.29 is 5.11 Å². The molecular weight excluding hydrogens is 258 g/mol. The highest BCUT2D eigenvalue weighted by molar-refractivity contribution is 6.31. The van der Waals surface area contributed by atoms with Crippen LogP contribution in [0.25, 0.3) is 0 Å². The lowest BCUT2D eigenvalue weighted by Gasteiger charge is -2.35. The van der Waals surface area contributed by atoms with E-state index in [2.05, 4.69) is 19.2 Å². The number of aliphatic hydroxyl groups excluding tert-OH is 1. The first-order valence-corrected chi connectivity index (χ1v) is 7.52. The van der Waals surface area contributed by atoms with Crippen molar-refractivity contribution in [3.05, 3.63) is 34.9 Å². The van der Waals surface area contributed by atoms with Gasteiger partial charge in [0.15, 0.2) is 0 Å². The fraction of sp³-hybridized carbons (Fsp3) is 0.625. The Morgan fingerprint density at radius 1 is 1.32 bits per heavy atom. The summed E-state index contributed by atoms with van der Waals surface area (Å²) in [4.78, 5) is 0. The minimum absolute atomic E-state index is 0.486. The zero-order valence-corrected chi connectivity index (χ0v) is 12.6. The van der Waals surface area contributed by atoms with Gasteiger partial charge in [-0.1, -0.05) is 43.6 Å². The molecule has 3 heteroatoms. The summed E-state index contributed by atoms with van der Waals surface area (Å²) in [6.45, 7) is 5.25. The number of hydrogen-bond acceptors (Lipinski definition) is 2. The Labute approximate surface area is 121 Å². The van der Waals surface area contributed by atoms with Crippen LogP contribution < -0.4 is 5.32 Å². The normalized spacial score (nSPS) is 21.3. The largest absolute Gasteiger partial charge is 0.387 e. The van der Waals surface area contributed by atoms with Crippen molar-refractivity contribution in [3.8, 4) is 0 Å². The third-order valence-corrected chi connectivity index (χ3v) is 4.55. The molecule has 0 heterocycles. The molecule has 19 heavy (non-hydrogen) atoms. The first kappa shape index (κ1) is 14.8. The third-order valence-electron chi connectivity index (χ3n) is 4.20. The molecule has 2 N–H and O–H groups in total. The standard InChI is InChI=1S/C16H24ClNO/c1-16(2)9-7-12(8-10-16)18-11-15(19)13-5-3-4-6-14(13)17/h3-6,12,15,18-19H,7-11H2,1-2H3. The molecule has 1 aliphatic carbocycles. The van der Waals surface area contributed by atoms with E-state index >= 15 is 0 Å². The van der Waals surface area contributed by atoms with E-state index in [-0.39, 0.29) is 0 Å². The van der Waals surface area contributed by atoms with Gasteiger partial charge in [-0.15, -0.1) is 0 Å². The number of nitrogens with one attached hydrogen (secondary N) is 1. The summed E-state index contributed by atoms with van der Waals surface area (Å²) in [6, 6.07) is 8.04. The van der Waals surface area contributed by atoms with Crippen molar-refractivity contribution in [2.75, 3.05) is 6.54 Å². The molecule has 0 bridgehead atoms. The fourth-order valence-electron chi connectivity index (χ4n) is 2.74. The van der Waals surface area contributed by atoms with Gasteiger partial charge in [0.25, 0.3) is 0 Å². The quantitative estimate of drug-likeness (QED) is 0.876. The van der Waals surface area contributed by atoms with Gasteiger partial charge in [0.2, 0.25) is 0 Å². The van der Waals surface area contributed by atoms with Crippen LogP contribution in [0.4, 0.5) is 0 Å². The number of hydrogen-bond donors (Lipinski definition) is 2. The molecule has 0 spiro atoms. The molecule has 106 valence electrons. The SMILES string of the molecule is CC1(C)CCC(NCC(O)c2ccccc2Cl)CC1. The Kier molecular flexibility index (Phi) is 4.88. The lowest BCUT2D eigenvalue weighted by molar-refractivity contribution is 0.152. The highest BCUT2D eigenvalue weighted by atomic mass is 35.5. The molecule has 1 atom stereocenters. The van der Waals surface area contributed by atoms with Crippen molar-refractivity contribution in [1.82, 2.24) is 5.32 Å². The third kappa shape index (κ3) is 4.20. The van der Waals surface area contributed by atoms with Crippen molar-refractivity contribution in [1.29, 1.82) is 0 Å². The number of halogens is 1. The van der Waals surface area contributed by atoms with Gasteiger partial charge < -0.3 is 10.4 Å². The molecular formula is C16H24ClNO. The van der Waals surface area contributed by atoms with Gasteiger partial charge in [-0.3, -0.25) is 0 Å². The van der Waals surface area contributed by atoms with Gasteiger partial charge in [-0.05, 0) is 37.2 Å². The maximum Gasteiger partial charge on any atom is 0.0928 e. The van der Waals surface area contributed by atoms with Crippen LogP contribution in [0.3, 0.4) is 0 Å². The summed E-state index contributed by atoms with van der Waals surface area (Å²) in [5, 5.41) is 14.3. The average Bonchev–Trinajstić information content (AvgIpc) is 2.38. The van der Waals surface area contributed by atoms with E-state index in [1.54, 1.807) is 0 Å². The number of rotatable bonds is 4. The summed E-state index contributed by atoms with van der Waals surface area (Å²) in [7, 11) is 0. The Balaban J connectivity index is 1.82. The number of benzene rings is 1. The van der Waals surface area contributed by atoms with Crippen molar-refractivity contribution in [2.45, 2.75) is 51.7 Å². The Morgan fingerprint density at radius 2 is 1.95 bits per heavy atom. The summed E-state index contributed by atoms with van der Waals surface area (Å²) in [5.41, 5.74) is 1.30. The van der Waals surface area contributed by atoms with Gasteiger partial charge >= 0.3 is 0 Å². The van der Waals surface area contributed by atoms with Crippen molar-refractivity contribution in [3.63, 3.8) is 0 Å². The molecule has 0 aromatic heterocycles. The highest BCUT2D eigenvalue weighted by Gasteiger charge is 2.26. The molecule has 1 saturated carbocycles. The predicted octanol–water partition coefficient (Wildman–Crippen LogP) is 3.93. The molecule has 0 radical (unpaired) electrons. The van der Waals surface area contributed by atoms with Crippen LogP contribution >= 0.6 is 11.6 Å². The molecule has 0 saturated heterocycles. The van der Waals surface area contributed by atoms with Crippen LogP contribution in [0.1, 0.15) is 51.2 Å². The van der Waals surface area contributed by atoms with Gasteiger partial charge in [-0.2, -0.15) is 0 Å². The molecule has 1 aliphatic rings. The van der Waals surface area contributed by atoms with Crippen LogP contribution in [0.2, 0.25) is 5.02 Å². The van der Waals surface area contributed by atoms with Crippen LogP contribution in [0.15, 0.2) is 24.3 Å². The van der Waals surface area contributed by atoms with Gasteiger partial charge in [0, 0.05) is 23.2 Å². The minimum atomic E-state index is -0.524. The summed E-state index contributed by atoms with van der Waals surface area (Å²) >= 11 is 6.09. The lowest BCUT2D eigenvalue weighted by atomic mass is 9.75. The van der Waals surface area contributed by atoms with Gasteiger partial charge in [0.05, 0.1) is 6.10 Å². The minimum Gasteiger partial charge on any atom is -0.387 e. The highest BCUT2D eigenvalue weighted by Crippen LogP contribution is 2.35. The molecule has 1 aromatic carbocycles. The monoisotopic (exact) mass is 281 g/mol. The zero-order valence-electron chi connectivity index (χ0n) is 11.8.